The Hall–Kier alpha value is -2.51. The molecule has 0 radical (unpaired) electrons. The van der Waals surface area contributed by atoms with Crippen molar-refractivity contribution in [3.8, 4) is 0 Å². The quantitative estimate of drug-likeness (QED) is 0.848. The molecule has 1 aliphatic heterocycles. The molecule has 0 bridgehead atoms. The van der Waals surface area contributed by atoms with Crippen molar-refractivity contribution in [2.45, 2.75) is 19.3 Å². The van der Waals surface area contributed by atoms with Gasteiger partial charge in [-0.3, -0.25) is 14.4 Å². The SMILES string of the molecule is O=C(O)CCNC(=O)C1CCN(C(=O)c2ccc(F)cc2F)CC1. The molecule has 2 N–H and O–H groups in total. The molecule has 2 amide bonds. The molecule has 130 valence electrons. The van der Waals surface area contributed by atoms with E-state index in [2.05, 4.69) is 5.32 Å². The number of halogens is 2. The number of aliphatic carboxylic acids is 1. The largest absolute Gasteiger partial charge is 0.481 e. The number of carboxylic acids is 1. The molecule has 0 saturated carbocycles. The highest BCUT2D eigenvalue weighted by atomic mass is 19.1. The van der Waals surface area contributed by atoms with Gasteiger partial charge in [0, 0.05) is 31.6 Å². The van der Waals surface area contributed by atoms with Crippen LogP contribution in [-0.4, -0.2) is 47.4 Å². The molecule has 1 aromatic rings. The Morgan fingerprint density at radius 3 is 2.46 bits per heavy atom. The van der Waals surface area contributed by atoms with Crippen molar-refractivity contribution in [3.05, 3.63) is 35.4 Å². The van der Waals surface area contributed by atoms with Crippen molar-refractivity contribution in [2.24, 2.45) is 5.92 Å². The summed E-state index contributed by atoms with van der Waals surface area (Å²) in [5.74, 6) is -3.72. The van der Waals surface area contributed by atoms with E-state index in [-0.39, 0.29) is 43.4 Å². The summed E-state index contributed by atoms with van der Waals surface area (Å²) in [5.41, 5.74) is -0.194. The maximum atomic E-state index is 13.7. The molecule has 0 atom stereocenters. The second-order valence-corrected chi connectivity index (χ2v) is 5.63. The number of benzene rings is 1. The topological polar surface area (TPSA) is 86.7 Å². The zero-order valence-electron chi connectivity index (χ0n) is 12.9. The van der Waals surface area contributed by atoms with Crippen molar-refractivity contribution in [1.82, 2.24) is 10.2 Å². The first-order valence-corrected chi connectivity index (χ1v) is 7.62. The number of carboxylic acid groups (broad SMARTS) is 1. The number of carbonyl (C=O) groups is 3. The second-order valence-electron chi connectivity index (χ2n) is 5.63. The predicted molar refractivity (Wildman–Crippen MR) is 80.2 cm³/mol. The second kappa shape index (κ2) is 7.85. The fourth-order valence-electron chi connectivity index (χ4n) is 2.62. The molecule has 8 heteroatoms. The van der Waals surface area contributed by atoms with Gasteiger partial charge in [0.25, 0.3) is 5.91 Å². The summed E-state index contributed by atoms with van der Waals surface area (Å²) in [5, 5.41) is 11.1. The van der Waals surface area contributed by atoms with Crippen LogP contribution < -0.4 is 5.32 Å². The van der Waals surface area contributed by atoms with Crippen LogP contribution in [0, 0.1) is 17.6 Å². The van der Waals surface area contributed by atoms with E-state index in [1.54, 1.807) is 0 Å². The number of hydrogen-bond donors (Lipinski definition) is 2. The number of nitrogens with one attached hydrogen (secondary N) is 1. The minimum Gasteiger partial charge on any atom is -0.481 e. The minimum atomic E-state index is -0.989. The molecule has 1 aliphatic rings. The third-order valence-electron chi connectivity index (χ3n) is 3.95. The Morgan fingerprint density at radius 2 is 1.88 bits per heavy atom. The van der Waals surface area contributed by atoms with Gasteiger partial charge in [0.2, 0.25) is 5.91 Å². The summed E-state index contributed by atoms with van der Waals surface area (Å²) < 4.78 is 26.6. The van der Waals surface area contributed by atoms with Gasteiger partial charge in [-0.1, -0.05) is 0 Å². The maximum Gasteiger partial charge on any atom is 0.305 e. The van der Waals surface area contributed by atoms with Crippen LogP contribution in [0.5, 0.6) is 0 Å². The van der Waals surface area contributed by atoms with E-state index in [1.807, 2.05) is 0 Å². The lowest BCUT2D eigenvalue weighted by atomic mass is 9.95. The van der Waals surface area contributed by atoms with Gasteiger partial charge < -0.3 is 15.3 Å². The standard InChI is InChI=1S/C16H18F2N2O4/c17-11-1-2-12(13(18)9-11)16(24)20-7-4-10(5-8-20)15(23)19-6-3-14(21)22/h1-2,9-10H,3-8H2,(H,19,23)(H,21,22). The molecule has 0 unspecified atom stereocenters. The minimum absolute atomic E-state index is 0.0636. The Balaban J connectivity index is 1.86. The number of nitrogens with zero attached hydrogens (tertiary/aromatic N) is 1. The average Bonchev–Trinajstić information content (AvgIpc) is 2.54. The average molecular weight is 340 g/mol. The fraction of sp³-hybridized carbons (Fsp3) is 0.438. The zero-order valence-corrected chi connectivity index (χ0v) is 12.9. The molecular formula is C16H18F2N2O4. The summed E-state index contributed by atoms with van der Waals surface area (Å²) >= 11 is 0. The van der Waals surface area contributed by atoms with E-state index >= 15 is 0 Å². The molecule has 1 saturated heterocycles. The van der Waals surface area contributed by atoms with Gasteiger partial charge in [-0.2, -0.15) is 0 Å². The maximum absolute atomic E-state index is 13.7. The molecule has 0 spiro atoms. The molecular weight excluding hydrogens is 322 g/mol. The highest BCUT2D eigenvalue weighted by molar-refractivity contribution is 5.94. The Bertz CT molecular complexity index is 643. The molecule has 0 aromatic heterocycles. The predicted octanol–water partition coefficient (Wildman–Crippen LogP) is 1.41. The van der Waals surface area contributed by atoms with Crippen LogP contribution in [0.2, 0.25) is 0 Å². The van der Waals surface area contributed by atoms with Gasteiger partial charge in [-0.15, -0.1) is 0 Å². The lowest BCUT2D eigenvalue weighted by Gasteiger charge is -2.31. The molecule has 0 aliphatic carbocycles. The monoisotopic (exact) mass is 340 g/mol. The summed E-state index contributed by atoms with van der Waals surface area (Å²) in [7, 11) is 0. The highest BCUT2D eigenvalue weighted by Gasteiger charge is 2.28. The van der Waals surface area contributed by atoms with Crippen LogP contribution in [0.1, 0.15) is 29.6 Å². The first kappa shape index (κ1) is 17.8. The first-order chi connectivity index (χ1) is 11.4. The van der Waals surface area contributed by atoms with Crippen LogP contribution in [0.4, 0.5) is 8.78 Å². The molecule has 6 nitrogen and oxygen atoms in total. The number of likely N-dealkylation sites (tertiary alicyclic amines) is 1. The summed E-state index contributed by atoms with van der Waals surface area (Å²) in [4.78, 5) is 36.0. The molecule has 2 rings (SSSR count). The third-order valence-corrected chi connectivity index (χ3v) is 3.95. The molecule has 1 heterocycles. The number of amides is 2. The Kier molecular flexibility index (Phi) is 5.83. The lowest BCUT2D eigenvalue weighted by molar-refractivity contribution is -0.137. The van der Waals surface area contributed by atoms with E-state index in [4.69, 9.17) is 5.11 Å². The van der Waals surface area contributed by atoms with E-state index in [0.717, 1.165) is 12.1 Å². The van der Waals surface area contributed by atoms with Gasteiger partial charge in [0.1, 0.15) is 11.6 Å². The van der Waals surface area contributed by atoms with Crippen molar-refractivity contribution >= 4 is 17.8 Å². The van der Waals surface area contributed by atoms with Gasteiger partial charge in [0.15, 0.2) is 0 Å². The fourth-order valence-corrected chi connectivity index (χ4v) is 2.62. The molecule has 24 heavy (non-hydrogen) atoms. The number of rotatable bonds is 5. The normalized spacial score (nSPS) is 15.2. The number of hydrogen-bond acceptors (Lipinski definition) is 3. The van der Waals surface area contributed by atoms with Gasteiger partial charge in [-0.05, 0) is 25.0 Å². The number of piperidine rings is 1. The van der Waals surface area contributed by atoms with Crippen molar-refractivity contribution in [1.29, 1.82) is 0 Å². The van der Waals surface area contributed by atoms with Crippen LogP contribution in [0.25, 0.3) is 0 Å². The first-order valence-electron chi connectivity index (χ1n) is 7.62. The van der Waals surface area contributed by atoms with Gasteiger partial charge in [-0.25, -0.2) is 8.78 Å². The third kappa shape index (κ3) is 4.50. The lowest BCUT2D eigenvalue weighted by Crippen LogP contribution is -2.43. The Labute approximate surface area is 137 Å². The van der Waals surface area contributed by atoms with E-state index < -0.39 is 23.5 Å². The van der Waals surface area contributed by atoms with Gasteiger partial charge >= 0.3 is 5.97 Å². The Morgan fingerprint density at radius 1 is 1.21 bits per heavy atom. The van der Waals surface area contributed by atoms with Crippen LogP contribution in [0.3, 0.4) is 0 Å². The summed E-state index contributed by atoms with van der Waals surface area (Å²) in [6.07, 6.45) is 0.674. The van der Waals surface area contributed by atoms with Crippen molar-refractivity contribution < 1.29 is 28.3 Å². The highest BCUT2D eigenvalue weighted by Crippen LogP contribution is 2.20. The summed E-state index contributed by atoms with van der Waals surface area (Å²) in [6, 6.07) is 2.80. The van der Waals surface area contributed by atoms with E-state index in [9.17, 15) is 23.2 Å². The molecule has 1 aromatic carbocycles. The van der Waals surface area contributed by atoms with Gasteiger partial charge in [0.05, 0.1) is 12.0 Å². The van der Waals surface area contributed by atoms with Crippen LogP contribution in [0.15, 0.2) is 18.2 Å². The van der Waals surface area contributed by atoms with Crippen LogP contribution >= 0.6 is 0 Å². The smallest absolute Gasteiger partial charge is 0.305 e. The van der Waals surface area contributed by atoms with E-state index in [0.29, 0.717) is 18.9 Å². The van der Waals surface area contributed by atoms with Crippen molar-refractivity contribution in [3.63, 3.8) is 0 Å². The zero-order chi connectivity index (χ0) is 17.7. The van der Waals surface area contributed by atoms with E-state index in [1.165, 1.54) is 4.90 Å². The van der Waals surface area contributed by atoms with Crippen LogP contribution in [-0.2, 0) is 9.59 Å². The number of carbonyl (C=O) groups excluding carboxylic acids is 2. The molecule has 1 fully saturated rings. The summed E-state index contributed by atoms with van der Waals surface area (Å²) in [6.45, 7) is 0.632. The van der Waals surface area contributed by atoms with Crippen molar-refractivity contribution in [2.75, 3.05) is 19.6 Å².